The van der Waals surface area contributed by atoms with E-state index in [1.165, 1.54) is 0 Å². The van der Waals surface area contributed by atoms with Crippen molar-refractivity contribution in [1.29, 1.82) is 0 Å². The van der Waals surface area contributed by atoms with E-state index in [1.54, 1.807) is 0 Å². The van der Waals surface area contributed by atoms with Crippen molar-refractivity contribution in [1.82, 2.24) is 5.32 Å². The van der Waals surface area contributed by atoms with Gasteiger partial charge < -0.3 is 10.4 Å². The lowest BCUT2D eigenvalue weighted by Gasteiger charge is -2.10. The van der Waals surface area contributed by atoms with Gasteiger partial charge >= 0.3 is 0 Å². The summed E-state index contributed by atoms with van der Waals surface area (Å²) in [5, 5.41) is 10.6. The fourth-order valence-electron chi connectivity index (χ4n) is 1.03. The van der Waals surface area contributed by atoms with Crippen LogP contribution in [-0.2, 0) is 0 Å². The number of aliphatic hydroxyl groups excluding tert-OH is 1. The van der Waals surface area contributed by atoms with Crippen LogP contribution in [0.5, 0.6) is 0 Å². The highest BCUT2D eigenvalue weighted by Gasteiger charge is 2.18. The van der Waals surface area contributed by atoms with Gasteiger partial charge in [0.25, 0.3) is 12.3 Å². The number of hydrogen-bond acceptors (Lipinski definition) is 2. The molecule has 0 saturated carbocycles. The van der Waals surface area contributed by atoms with Gasteiger partial charge in [0, 0.05) is 12.1 Å². The van der Waals surface area contributed by atoms with E-state index < -0.39 is 30.8 Å². The lowest BCUT2D eigenvalue weighted by atomic mass is 10.2. The van der Waals surface area contributed by atoms with Crippen LogP contribution < -0.4 is 5.32 Å². The van der Waals surface area contributed by atoms with Crippen LogP contribution in [-0.4, -0.2) is 30.1 Å². The Kier molecular flexibility index (Phi) is 4.77. The molecule has 0 saturated heterocycles. The topological polar surface area (TPSA) is 49.3 Å². The highest BCUT2D eigenvalue weighted by Crippen LogP contribution is 2.15. The molecule has 1 amide bonds. The molecule has 0 heterocycles. The smallest absolute Gasteiger partial charge is 0.265 e. The van der Waals surface area contributed by atoms with Crippen molar-refractivity contribution < 1.29 is 23.1 Å². The summed E-state index contributed by atoms with van der Waals surface area (Å²) in [4.78, 5) is 11.4. The molecule has 0 aliphatic heterocycles. The fraction of sp³-hybridized carbons (Fsp3) is 0.300. The Morgan fingerprint density at radius 2 is 2.12 bits per heavy atom. The maximum Gasteiger partial charge on any atom is 0.265 e. The Labute approximate surface area is 100 Å². The zero-order valence-electron chi connectivity index (χ0n) is 8.46. The first-order chi connectivity index (χ1) is 7.91. The molecule has 0 aliphatic carbocycles. The molecule has 0 fully saturated rings. The summed E-state index contributed by atoms with van der Waals surface area (Å²) >= 11 is 5.45. The lowest BCUT2D eigenvalue weighted by molar-refractivity contribution is -0.00270. The van der Waals surface area contributed by atoms with Crippen LogP contribution in [0.2, 0.25) is 5.02 Å². The second kappa shape index (κ2) is 5.88. The first-order valence-electron chi connectivity index (χ1n) is 4.61. The second-order valence-corrected chi connectivity index (χ2v) is 3.65. The normalized spacial score (nSPS) is 12.6. The number of aliphatic hydroxyl groups is 1. The largest absolute Gasteiger partial charge is 0.385 e. The van der Waals surface area contributed by atoms with Crippen LogP contribution >= 0.6 is 11.6 Å². The molecule has 17 heavy (non-hydrogen) atoms. The van der Waals surface area contributed by atoms with Gasteiger partial charge in [0.15, 0.2) is 0 Å². The summed E-state index contributed by atoms with van der Waals surface area (Å²) in [6.07, 6.45) is -4.87. The monoisotopic (exact) mass is 267 g/mol. The van der Waals surface area contributed by atoms with Crippen LogP contribution in [0.1, 0.15) is 10.4 Å². The minimum Gasteiger partial charge on any atom is -0.385 e. The van der Waals surface area contributed by atoms with Gasteiger partial charge in [-0.3, -0.25) is 4.79 Å². The Hall–Kier alpha value is -1.27. The Bertz CT molecular complexity index is 415. The summed E-state index contributed by atoms with van der Waals surface area (Å²) in [6, 6.07) is 3.22. The van der Waals surface area contributed by atoms with E-state index in [4.69, 9.17) is 16.7 Å². The predicted octanol–water partition coefficient (Wildman–Crippen LogP) is 1.83. The highest BCUT2D eigenvalue weighted by molar-refractivity contribution is 6.31. The number of benzene rings is 1. The molecule has 0 bridgehead atoms. The van der Waals surface area contributed by atoms with Crippen LogP contribution in [0, 0.1) is 5.82 Å². The molecule has 3 nitrogen and oxygen atoms in total. The Morgan fingerprint density at radius 1 is 1.47 bits per heavy atom. The summed E-state index contributed by atoms with van der Waals surface area (Å²) in [6.45, 7) is -0.592. The molecule has 0 spiro atoms. The summed E-state index contributed by atoms with van der Waals surface area (Å²) in [5.74, 6) is -1.40. The van der Waals surface area contributed by atoms with Crippen molar-refractivity contribution in [2.45, 2.75) is 12.5 Å². The average molecular weight is 268 g/mol. The third-order valence-corrected chi connectivity index (χ3v) is 2.23. The van der Waals surface area contributed by atoms with E-state index in [2.05, 4.69) is 5.32 Å². The van der Waals surface area contributed by atoms with Crippen LogP contribution in [0.15, 0.2) is 18.2 Å². The summed E-state index contributed by atoms with van der Waals surface area (Å²) in [5.41, 5.74) is 0.0258. The number of carbonyl (C=O) groups is 1. The number of nitrogens with one attached hydrogen (secondary N) is 1. The van der Waals surface area contributed by atoms with Crippen LogP contribution in [0.25, 0.3) is 0 Å². The summed E-state index contributed by atoms with van der Waals surface area (Å²) < 4.78 is 36.6. The van der Waals surface area contributed by atoms with Gasteiger partial charge in [0.05, 0.1) is 5.02 Å². The van der Waals surface area contributed by atoms with Crippen molar-refractivity contribution in [2.24, 2.45) is 0 Å². The molecule has 1 atom stereocenters. The van der Waals surface area contributed by atoms with Gasteiger partial charge in [-0.05, 0) is 18.2 Å². The zero-order valence-corrected chi connectivity index (χ0v) is 9.22. The van der Waals surface area contributed by atoms with Crippen molar-refractivity contribution in [3.63, 3.8) is 0 Å². The van der Waals surface area contributed by atoms with Crippen molar-refractivity contribution in [3.8, 4) is 0 Å². The maximum absolute atomic E-state index is 12.8. The molecule has 7 heteroatoms. The standard InChI is InChI=1S/C10H9ClF3NO2/c11-6-3-5(1-2-7(6)12)10(17)15-4-8(16)9(13)14/h1-3,8-9,16H,4H2,(H,15,17). The third kappa shape index (κ3) is 3.90. The molecular formula is C10H9ClF3NO2. The lowest BCUT2D eigenvalue weighted by Crippen LogP contribution is -2.35. The second-order valence-electron chi connectivity index (χ2n) is 3.24. The van der Waals surface area contributed by atoms with Crippen molar-refractivity contribution >= 4 is 17.5 Å². The molecular weight excluding hydrogens is 259 g/mol. The fourth-order valence-corrected chi connectivity index (χ4v) is 1.21. The zero-order chi connectivity index (χ0) is 13.0. The Balaban J connectivity index is 2.61. The molecule has 2 N–H and O–H groups in total. The van der Waals surface area contributed by atoms with Gasteiger partial charge in [0.1, 0.15) is 11.9 Å². The first kappa shape index (κ1) is 13.8. The van der Waals surface area contributed by atoms with E-state index >= 15 is 0 Å². The van der Waals surface area contributed by atoms with Gasteiger partial charge in [-0.2, -0.15) is 0 Å². The van der Waals surface area contributed by atoms with Crippen molar-refractivity contribution in [2.75, 3.05) is 6.54 Å². The number of carbonyl (C=O) groups excluding carboxylic acids is 1. The van der Waals surface area contributed by atoms with E-state index in [0.717, 1.165) is 18.2 Å². The minimum atomic E-state index is -2.94. The molecule has 0 aromatic heterocycles. The van der Waals surface area contributed by atoms with Gasteiger partial charge in [-0.25, -0.2) is 13.2 Å². The SMILES string of the molecule is O=C(NCC(O)C(F)F)c1ccc(F)c(Cl)c1. The maximum atomic E-state index is 12.8. The molecule has 0 aliphatic rings. The molecule has 1 aromatic rings. The van der Waals surface area contributed by atoms with E-state index in [-0.39, 0.29) is 10.6 Å². The Morgan fingerprint density at radius 3 is 2.65 bits per heavy atom. The number of amides is 1. The van der Waals surface area contributed by atoms with Crippen molar-refractivity contribution in [3.05, 3.63) is 34.6 Å². The predicted molar refractivity (Wildman–Crippen MR) is 55.8 cm³/mol. The number of alkyl halides is 2. The average Bonchev–Trinajstić information content (AvgIpc) is 2.28. The van der Waals surface area contributed by atoms with E-state index in [1.807, 2.05) is 0 Å². The quantitative estimate of drug-likeness (QED) is 0.874. The first-order valence-corrected chi connectivity index (χ1v) is 4.99. The third-order valence-electron chi connectivity index (χ3n) is 1.94. The van der Waals surface area contributed by atoms with Gasteiger partial charge in [0.2, 0.25) is 0 Å². The van der Waals surface area contributed by atoms with Gasteiger partial charge in [-0.1, -0.05) is 11.6 Å². The van der Waals surface area contributed by atoms with E-state index in [0.29, 0.717) is 0 Å². The number of hydrogen-bond donors (Lipinski definition) is 2. The van der Waals surface area contributed by atoms with Crippen LogP contribution in [0.3, 0.4) is 0 Å². The molecule has 0 radical (unpaired) electrons. The summed E-state index contributed by atoms with van der Waals surface area (Å²) in [7, 11) is 0. The highest BCUT2D eigenvalue weighted by atomic mass is 35.5. The molecule has 1 aromatic carbocycles. The molecule has 1 unspecified atom stereocenters. The molecule has 94 valence electrons. The molecule has 1 rings (SSSR count). The minimum absolute atomic E-state index is 0.0258. The van der Waals surface area contributed by atoms with Crippen LogP contribution in [0.4, 0.5) is 13.2 Å². The number of rotatable bonds is 4. The van der Waals surface area contributed by atoms with E-state index in [9.17, 15) is 18.0 Å². The van der Waals surface area contributed by atoms with Gasteiger partial charge in [-0.15, -0.1) is 0 Å². The number of halogens is 4.